The lowest BCUT2D eigenvalue weighted by molar-refractivity contribution is -0.118. The molecule has 104 valence electrons. The fraction of sp³-hybridized carbons (Fsp3) is 0.533. The van der Waals surface area contributed by atoms with Crippen LogP contribution in [0.1, 0.15) is 25.7 Å². The molecule has 0 bridgehead atoms. The molecule has 0 spiro atoms. The van der Waals surface area contributed by atoms with Gasteiger partial charge in [-0.3, -0.25) is 4.79 Å². The number of nitrogens with two attached hydrogens (primary N) is 1. The van der Waals surface area contributed by atoms with Crippen molar-refractivity contribution >= 4 is 11.6 Å². The molecule has 1 aliphatic carbocycles. The lowest BCUT2D eigenvalue weighted by Gasteiger charge is -2.23. The van der Waals surface area contributed by atoms with E-state index >= 15 is 0 Å². The zero-order valence-electron chi connectivity index (χ0n) is 11.5. The Morgan fingerprint density at radius 1 is 1.47 bits per heavy atom. The second-order valence-corrected chi connectivity index (χ2v) is 5.04. The SMILES string of the molecule is COc1cccc(N(CCCN)C(=O)CC2CC2)c1. The second kappa shape index (κ2) is 6.57. The second-order valence-electron chi connectivity index (χ2n) is 5.04. The number of nitrogens with zero attached hydrogens (tertiary/aromatic N) is 1. The molecular weight excluding hydrogens is 240 g/mol. The number of amides is 1. The average Bonchev–Trinajstić information content (AvgIpc) is 3.23. The molecule has 0 saturated heterocycles. The summed E-state index contributed by atoms with van der Waals surface area (Å²) < 4.78 is 5.22. The number of benzene rings is 1. The highest BCUT2D eigenvalue weighted by Crippen LogP contribution is 2.33. The molecule has 0 radical (unpaired) electrons. The zero-order valence-corrected chi connectivity index (χ0v) is 11.5. The van der Waals surface area contributed by atoms with E-state index in [4.69, 9.17) is 10.5 Å². The molecular formula is C15H22N2O2. The van der Waals surface area contributed by atoms with Crippen LogP contribution in [0.5, 0.6) is 5.75 Å². The molecule has 0 heterocycles. The summed E-state index contributed by atoms with van der Waals surface area (Å²) in [6, 6.07) is 7.65. The molecule has 0 atom stereocenters. The van der Waals surface area contributed by atoms with Gasteiger partial charge >= 0.3 is 0 Å². The van der Waals surface area contributed by atoms with Gasteiger partial charge in [0.1, 0.15) is 5.75 Å². The summed E-state index contributed by atoms with van der Waals surface area (Å²) in [4.78, 5) is 14.2. The predicted molar refractivity (Wildman–Crippen MR) is 76.4 cm³/mol. The van der Waals surface area contributed by atoms with Crippen LogP contribution in [-0.2, 0) is 4.79 Å². The molecule has 0 unspecified atom stereocenters. The van der Waals surface area contributed by atoms with Gasteiger partial charge in [0.05, 0.1) is 7.11 Å². The van der Waals surface area contributed by atoms with Crippen LogP contribution in [0.25, 0.3) is 0 Å². The number of rotatable bonds is 7. The lowest BCUT2D eigenvalue weighted by Crippen LogP contribution is -2.33. The van der Waals surface area contributed by atoms with Gasteiger partial charge in [-0.2, -0.15) is 0 Å². The number of anilines is 1. The Hall–Kier alpha value is -1.55. The van der Waals surface area contributed by atoms with Gasteiger partial charge in [0.15, 0.2) is 0 Å². The van der Waals surface area contributed by atoms with E-state index in [0.717, 1.165) is 17.9 Å². The molecule has 4 heteroatoms. The van der Waals surface area contributed by atoms with Crippen LogP contribution in [0, 0.1) is 5.92 Å². The molecule has 19 heavy (non-hydrogen) atoms. The summed E-state index contributed by atoms with van der Waals surface area (Å²) in [6.07, 6.45) is 3.85. The van der Waals surface area contributed by atoms with Crippen LogP contribution < -0.4 is 15.4 Å². The van der Waals surface area contributed by atoms with Crippen LogP contribution in [0.2, 0.25) is 0 Å². The maximum absolute atomic E-state index is 12.3. The van der Waals surface area contributed by atoms with Crippen molar-refractivity contribution in [1.82, 2.24) is 0 Å². The maximum atomic E-state index is 12.3. The Balaban J connectivity index is 2.11. The topological polar surface area (TPSA) is 55.6 Å². The van der Waals surface area contributed by atoms with Crippen LogP contribution >= 0.6 is 0 Å². The number of ether oxygens (including phenoxy) is 1. The minimum atomic E-state index is 0.198. The lowest BCUT2D eigenvalue weighted by atomic mass is 10.2. The van der Waals surface area contributed by atoms with E-state index < -0.39 is 0 Å². The molecule has 1 aromatic carbocycles. The molecule has 2 N–H and O–H groups in total. The third-order valence-electron chi connectivity index (χ3n) is 3.41. The Labute approximate surface area is 114 Å². The number of hydrogen-bond acceptors (Lipinski definition) is 3. The van der Waals surface area contributed by atoms with E-state index in [2.05, 4.69) is 0 Å². The largest absolute Gasteiger partial charge is 0.497 e. The van der Waals surface area contributed by atoms with Crippen molar-refractivity contribution in [1.29, 1.82) is 0 Å². The van der Waals surface area contributed by atoms with Gasteiger partial charge in [-0.25, -0.2) is 0 Å². The third-order valence-corrected chi connectivity index (χ3v) is 3.41. The smallest absolute Gasteiger partial charge is 0.227 e. The van der Waals surface area contributed by atoms with Gasteiger partial charge in [0.2, 0.25) is 5.91 Å². The van der Waals surface area contributed by atoms with Gasteiger partial charge < -0.3 is 15.4 Å². The first kappa shape index (κ1) is 13.9. The quantitative estimate of drug-likeness (QED) is 0.819. The molecule has 0 aliphatic heterocycles. The highest BCUT2D eigenvalue weighted by atomic mass is 16.5. The third kappa shape index (κ3) is 3.96. The summed E-state index contributed by atoms with van der Waals surface area (Å²) in [5.74, 6) is 1.57. The van der Waals surface area contributed by atoms with E-state index in [9.17, 15) is 4.79 Å². The fourth-order valence-electron chi connectivity index (χ4n) is 2.10. The van der Waals surface area contributed by atoms with Gasteiger partial charge in [-0.05, 0) is 43.9 Å². The number of carbonyl (C=O) groups is 1. The number of hydrogen-bond donors (Lipinski definition) is 1. The minimum absolute atomic E-state index is 0.198. The molecule has 1 fully saturated rings. The Morgan fingerprint density at radius 3 is 2.89 bits per heavy atom. The molecule has 1 aromatic rings. The van der Waals surface area contributed by atoms with Crippen molar-refractivity contribution in [2.24, 2.45) is 11.7 Å². The van der Waals surface area contributed by atoms with Crippen molar-refractivity contribution in [3.8, 4) is 5.75 Å². The summed E-state index contributed by atoms with van der Waals surface area (Å²) in [6.45, 7) is 1.27. The van der Waals surface area contributed by atoms with Gasteiger partial charge in [0.25, 0.3) is 0 Å². The first-order valence-corrected chi connectivity index (χ1v) is 6.89. The summed E-state index contributed by atoms with van der Waals surface area (Å²) in [5.41, 5.74) is 6.46. The van der Waals surface area contributed by atoms with E-state index in [1.165, 1.54) is 12.8 Å². The molecule has 1 aliphatic rings. The number of methoxy groups -OCH3 is 1. The van der Waals surface area contributed by atoms with Crippen LogP contribution in [0.3, 0.4) is 0 Å². The van der Waals surface area contributed by atoms with Crippen molar-refractivity contribution in [2.45, 2.75) is 25.7 Å². The molecule has 2 rings (SSSR count). The molecule has 1 amide bonds. The van der Waals surface area contributed by atoms with Gasteiger partial charge in [-0.1, -0.05) is 6.07 Å². The minimum Gasteiger partial charge on any atom is -0.497 e. The van der Waals surface area contributed by atoms with Gasteiger partial charge in [-0.15, -0.1) is 0 Å². The van der Waals surface area contributed by atoms with E-state index in [0.29, 0.717) is 25.4 Å². The van der Waals surface area contributed by atoms with Crippen LogP contribution in [0.4, 0.5) is 5.69 Å². The Morgan fingerprint density at radius 2 is 2.26 bits per heavy atom. The van der Waals surface area contributed by atoms with Crippen LogP contribution in [0.15, 0.2) is 24.3 Å². The van der Waals surface area contributed by atoms with Crippen molar-refractivity contribution in [3.63, 3.8) is 0 Å². The van der Waals surface area contributed by atoms with Crippen molar-refractivity contribution < 1.29 is 9.53 Å². The average molecular weight is 262 g/mol. The van der Waals surface area contributed by atoms with E-state index in [1.807, 2.05) is 29.2 Å². The first-order valence-electron chi connectivity index (χ1n) is 6.89. The van der Waals surface area contributed by atoms with Crippen LogP contribution in [-0.4, -0.2) is 26.1 Å². The fourth-order valence-corrected chi connectivity index (χ4v) is 2.10. The summed E-state index contributed by atoms with van der Waals surface area (Å²) in [7, 11) is 1.63. The molecule has 0 aromatic heterocycles. The number of carbonyl (C=O) groups excluding carboxylic acids is 1. The predicted octanol–water partition coefficient (Wildman–Crippen LogP) is 2.18. The monoisotopic (exact) mass is 262 g/mol. The normalized spacial score (nSPS) is 14.2. The summed E-state index contributed by atoms with van der Waals surface area (Å²) in [5, 5.41) is 0. The van der Waals surface area contributed by atoms with E-state index in [-0.39, 0.29) is 5.91 Å². The van der Waals surface area contributed by atoms with Gasteiger partial charge in [0, 0.05) is 24.7 Å². The van der Waals surface area contributed by atoms with Crippen molar-refractivity contribution in [2.75, 3.05) is 25.1 Å². The van der Waals surface area contributed by atoms with Crippen molar-refractivity contribution in [3.05, 3.63) is 24.3 Å². The van der Waals surface area contributed by atoms with E-state index in [1.54, 1.807) is 7.11 Å². The Bertz CT molecular complexity index is 430. The maximum Gasteiger partial charge on any atom is 0.227 e. The zero-order chi connectivity index (χ0) is 13.7. The highest BCUT2D eigenvalue weighted by Gasteiger charge is 2.27. The standard InChI is InChI=1S/C15H22N2O2/c1-19-14-5-2-4-13(11-14)17(9-3-8-16)15(18)10-12-6-7-12/h2,4-5,11-12H,3,6-10,16H2,1H3. The molecule has 1 saturated carbocycles. The molecule has 4 nitrogen and oxygen atoms in total. The summed E-state index contributed by atoms with van der Waals surface area (Å²) >= 11 is 0. The first-order chi connectivity index (χ1) is 9.24. The Kier molecular flexibility index (Phi) is 4.80. The highest BCUT2D eigenvalue weighted by molar-refractivity contribution is 5.93.